The molecule has 0 aromatic rings. The predicted molar refractivity (Wildman–Crippen MR) is 32.6 cm³/mol. The Hall–Kier alpha value is -0.0800. The zero-order chi connectivity index (χ0) is 5.56. The molecule has 2 heterocycles. The Kier molecular flexibility index (Phi) is 0.866. The minimum absolute atomic E-state index is 0.871. The summed E-state index contributed by atoms with van der Waals surface area (Å²) in [5, 5.41) is 3.42. The van der Waals surface area contributed by atoms with Crippen LogP contribution in [0.1, 0.15) is 12.8 Å². The second-order valence-electron chi connectivity index (χ2n) is 2.94. The van der Waals surface area contributed by atoms with Gasteiger partial charge in [-0.2, -0.15) is 0 Å². The van der Waals surface area contributed by atoms with Crippen LogP contribution >= 0.6 is 0 Å². The lowest BCUT2D eigenvalue weighted by Gasteiger charge is -2.48. The van der Waals surface area contributed by atoms with Crippen molar-refractivity contribution in [1.82, 2.24) is 10.2 Å². The molecule has 1 N–H and O–H groups in total. The van der Waals surface area contributed by atoms with Crippen molar-refractivity contribution in [3.63, 3.8) is 0 Å². The van der Waals surface area contributed by atoms with Gasteiger partial charge in [0.1, 0.15) is 0 Å². The monoisotopic (exact) mass is 112 g/mol. The van der Waals surface area contributed by atoms with Gasteiger partial charge in [-0.05, 0) is 19.9 Å². The Morgan fingerprint density at radius 2 is 2.25 bits per heavy atom. The third kappa shape index (κ3) is 0.501. The molecule has 2 saturated heterocycles. The molecular formula is C6H12N2. The molecule has 2 bridgehead atoms. The van der Waals surface area contributed by atoms with Crippen LogP contribution in [0.2, 0.25) is 0 Å². The van der Waals surface area contributed by atoms with Crippen molar-refractivity contribution in [3.05, 3.63) is 0 Å². The highest BCUT2D eigenvalue weighted by molar-refractivity contribution is 4.94. The standard InChI is InChI=1S/C6H12N2/c1-8-4-7-5-2-6(8)3-5/h5-7H,2-4H2,1H3. The highest BCUT2D eigenvalue weighted by atomic mass is 15.3. The van der Waals surface area contributed by atoms with E-state index in [1.54, 1.807) is 0 Å². The molecular weight excluding hydrogens is 100 g/mol. The molecule has 0 atom stereocenters. The summed E-state index contributed by atoms with van der Waals surface area (Å²) in [6.45, 7) is 1.11. The lowest BCUT2D eigenvalue weighted by molar-refractivity contribution is 0.0481. The summed E-state index contributed by atoms with van der Waals surface area (Å²) in [7, 11) is 2.19. The Morgan fingerprint density at radius 3 is 2.50 bits per heavy atom. The van der Waals surface area contributed by atoms with Crippen LogP contribution in [0.25, 0.3) is 0 Å². The summed E-state index contributed by atoms with van der Waals surface area (Å²) >= 11 is 0. The third-order valence-corrected chi connectivity index (χ3v) is 2.37. The fourth-order valence-corrected chi connectivity index (χ4v) is 1.52. The second kappa shape index (κ2) is 1.45. The zero-order valence-electron chi connectivity index (χ0n) is 5.22. The molecule has 2 aliphatic heterocycles. The fraction of sp³-hybridized carbons (Fsp3) is 1.00. The summed E-state index contributed by atoms with van der Waals surface area (Å²) in [6.07, 6.45) is 2.77. The van der Waals surface area contributed by atoms with E-state index in [4.69, 9.17) is 0 Å². The van der Waals surface area contributed by atoms with Gasteiger partial charge >= 0.3 is 0 Å². The lowest BCUT2D eigenvalue weighted by Crippen LogP contribution is -2.61. The average molecular weight is 112 g/mol. The van der Waals surface area contributed by atoms with Gasteiger partial charge in [0.25, 0.3) is 0 Å². The molecule has 2 nitrogen and oxygen atoms in total. The van der Waals surface area contributed by atoms with E-state index in [0.29, 0.717) is 0 Å². The first kappa shape index (κ1) is 4.77. The topological polar surface area (TPSA) is 15.3 Å². The molecule has 1 aliphatic carbocycles. The van der Waals surface area contributed by atoms with Crippen molar-refractivity contribution in [1.29, 1.82) is 0 Å². The minimum Gasteiger partial charge on any atom is -0.301 e. The van der Waals surface area contributed by atoms with Crippen molar-refractivity contribution in [2.75, 3.05) is 13.7 Å². The van der Waals surface area contributed by atoms with E-state index >= 15 is 0 Å². The van der Waals surface area contributed by atoms with Gasteiger partial charge in [0.2, 0.25) is 0 Å². The molecule has 46 valence electrons. The second-order valence-corrected chi connectivity index (χ2v) is 2.94. The van der Waals surface area contributed by atoms with Gasteiger partial charge in [0, 0.05) is 18.8 Å². The van der Waals surface area contributed by atoms with Crippen molar-refractivity contribution < 1.29 is 0 Å². The fourth-order valence-electron chi connectivity index (χ4n) is 1.52. The van der Waals surface area contributed by atoms with Gasteiger partial charge in [0.05, 0.1) is 0 Å². The first-order valence-corrected chi connectivity index (χ1v) is 3.30. The van der Waals surface area contributed by atoms with E-state index in [1.165, 1.54) is 12.8 Å². The van der Waals surface area contributed by atoms with Gasteiger partial charge in [0.15, 0.2) is 0 Å². The van der Waals surface area contributed by atoms with E-state index in [-0.39, 0.29) is 0 Å². The van der Waals surface area contributed by atoms with Gasteiger partial charge in [-0.25, -0.2) is 0 Å². The number of fused-ring (bicyclic) bond motifs is 2. The highest BCUT2D eigenvalue weighted by Crippen LogP contribution is 2.27. The Bertz CT molecular complexity index is 91.2. The number of hydrogen-bond donors (Lipinski definition) is 1. The molecule has 0 amide bonds. The first-order chi connectivity index (χ1) is 3.86. The zero-order valence-corrected chi connectivity index (χ0v) is 5.22. The minimum atomic E-state index is 0.871. The number of nitrogens with one attached hydrogen (secondary N) is 1. The Morgan fingerprint density at radius 1 is 1.50 bits per heavy atom. The summed E-state index contributed by atoms with van der Waals surface area (Å²) in [5.41, 5.74) is 0. The van der Waals surface area contributed by atoms with Crippen molar-refractivity contribution in [2.24, 2.45) is 0 Å². The van der Waals surface area contributed by atoms with E-state index in [0.717, 1.165) is 18.8 Å². The molecule has 2 heteroatoms. The summed E-state index contributed by atoms with van der Waals surface area (Å²) in [5.74, 6) is 0. The molecule has 1 saturated carbocycles. The maximum atomic E-state index is 3.42. The maximum Gasteiger partial charge on any atom is 0.0482 e. The van der Waals surface area contributed by atoms with Crippen LogP contribution in [0.15, 0.2) is 0 Å². The van der Waals surface area contributed by atoms with Crippen molar-refractivity contribution in [2.45, 2.75) is 24.9 Å². The highest BCUT2D eigenvalue weighted by Gasteiger charge is 2.35. The molecule has 3 rings (SSSR count). The van der Waals surface area contributed by atoms with Crippen molar-refractivity contribution in [3.8, 4) is 0 Å². The van der Waals surface area contributed by atoms with Gasteiger partial charge in [-0.15, -0.1) is 0 Å². The van der Waals surface area contributed by atoms with Crippen molar-refractivity contribution >= 4 is 0 Å². The maximum absolute atomic E-state index is 3.42. The predicted octanol–water partition coefficient (Wildman–Crippen LogP) is 0.00990. The first-order valence-electron chi connectivity index (χ1n) is 3.30. The third-order valence-electron chi connectivity index (χ3n) is 2.37. The molecule has 0 radical (unpaired) electrons. The van der Waals surface area contributed by atoms with Crippen LogP contribution in [0.3, 0.4) is 0 Å². The van der Waals surface area contributed by atoms with E-state index in [1.807, 2.05) is 0 Å². The molecule has 0 unspecified atom stereocenters. The SMILES string of the molecule is CN1CNC2CC1C2. The lowest BCUT2D eigenvalue weighted by atomic mass is 9.84. The Labute approximate surface area is 49.9 Å². The normalized spacial score (nSPS) is 46.1. The average Bonchev–Trinajstić information content (AvgIpc) is 1.62. The van der Waals surface area contributed by atoms with Crippen LogP contribution in [0, 0.1) is 0 Å². The molecule has 0 spiro atoms. The summed E-state index contributed by atoms with van der Waals surface area (Å²) in [6, 6.07) is 1.79. The van der Waals surface area contributed by atoms with Crippen LogP contribution in [0.4, 0.5) is 0 Å². The number of nitrogens with zero attached hydrogens (tertiary/aromatic N) is 1. The smallest absolute Gasteiger partial charge is 0.0482 e. The van der Waals surface area contributed by atoms with Crippen LogP contribution < -0.4 is 5.32 Å². The van der Waals surface area contributed by atoms with E-state index < -0.39 is 0 Å². The van der Waals surface area contributed by atoms with Gasteiger partial charge < -0.3 is 5.32 Å². The summed E-state index contributed by atoms with van der Waals surface area (Å²) < 4.78 is 0. The molecule has 3 fully saturated rings. The van der Waals surface area contributed by atoms with E-state index in [9.17, 15) is 0 Å². The quantitative estimate of drug-likeness (QED) is 0.475. The summed E-state index contributed by atoms with van der Waals surface area (Å²) in [4.78, 5) is 2.39. The van der Waals surface area contributed by atoms with E-state index in [2.05, 4.69) is 17.3 Å². The molecule has 8 heavy (non-hydrogen) atoms. The molecule has 0 aromatic heterocycles. The van der Waals surface area contributed by atoms with Crippen LogP contribution in [-0.2, 0) is 0 Å². The largest absolute Gasteiger partial charge is 0.301 e. The van der Waals surface area contributed by atoms with Crippen LogP contribution in [0.5, 0.6) is 0 Å². The van der Waals surface area contributed by atoms with Gasteiger partial charge in [-0.3, -0.25) is 4.90 Å². The Balaban J connectivity index is 2.01. The van der Waals surface area contributed by atoms with Gasteiger partial charge in [-0.1, -0.05) is 0 Å². The number of rotatable bonds is 0. The molecule has 3 aliphatic rings. The van der Waals surface area contributed by atoms with Crippen LogP contribution in [-0.4, -0.2) is 30.7 Å². The number of hydrogen-bond acceptors (Lipinski definition) is 2. The molecule has 0 aromatic carbocycles.